The topological polar surface area (TPSA) is 47.6 Å². The lowest BCUT2D eigenvalue weighted by Crippen LogP contribution is -2.30. The zero-order valence-electron chi connectivity index (χ0n) is 12.3. The molecule has 1 aliphatic rings. The van der Waals surface area contributed by atoms with Crippen LogP contribution in [0.4, 0.5) is 0 Å². The lowest BCUT2D eigenvalue weighted by molar-refractivity contribution is -0.117. The summed E-state index contributed by atoms with van der Waals surface area (Å²) in [6.07, 6.45) is 2.91. The minimum absolute atomic E-state index is 0.0785. The average molecular weight is 354 g/mol. The predicted octanol–water partition coefficient (Wildman–Crippen LogP) is 3.16. The summed E-state index contributed by atoms with van der Waals surface area (Å²) in [6.45, 7) is 5.57. The van der Waals surface area contributed by atoms with Crippen molar-refractivity contribution in [2.45, 2.75) is 26.4 Å². The first kappa shape index (κ1) is 16.0. The lowest BCUT2D eigenvalue weighted by Gasteiger charge is -2.18. The maximum Gasteiger partial charge on any atom is 0.250 e. The Balaban J connectivity index is 1.86. The molecule has 0 saturated carbocycles. The molecule has 4 nitrogen and oxygen atoms in total. The van der Waals surface area contributed by atoms with Crippen molar-refractivity contribution in [1.29, 1.82) is 0 Å². The van der Waals surface area contributed by atoms with Crippen LogP contribution < -0.4 is 10.1 Å². The number of carbonyl (C=O) groups excluding carboxylic acids is 1. The maximum atomic E-state index is 12.1. The Morgan fingerprint density at radius 3 is 3.05 bits per heavy atom. The van der Waals surface area contributed by atoms with Crippen LogP contribution in [0.15, 0.2) is 28.2 Å². The van der Waals surface area contributed by atoms with E-state index in [0.717, 1.165) is 22.2 Å². The number of nitrogens with one attached hydrogen (secondary N) is 1. The molecular weight excluding hydrogens is 334 g/mol. The number of fused-ring (bicyclic) bond motifs is 1. The van der Waals surface area contributed by atoms with Gasteiger partial charge in [0.1, 0.15) is 12.4 Å². The highest BCUT2D eigenvalue weighted by Crippen LogP contribution is 2.29. The molecular formula is C16H20BrNO3. The van der Waals surface area contributed by atoms with Crippen LogP contribution in [0.5, 0.6) is 5.75 Å². The SMILES string of the molecule is CC(C)OCCCNC(=O)C1=Cc2cc(Br)ccc2OC1. The van der Waals surface area contributed by atoms with Crippen LogP contribution in [-0.4, -0.2) is 31.8 Å². The molecule has 114 valence electrons. The molecule has 0 saturated heterocycles. The highest BCUT2D eigenvalue weighted by atomic mass is 79.9. The zero-order valence-corrected chi connectivity index (χ0v) is 13.9. The Morgan fingerprint density at radius 1 is 1.48 bits per heavy atom. The van der Waals surface area contributed by atoms with E-state index in [9.17, 15) is 4.79 Å². The minimum atomic E-state index is -0.0785. The van der Waals surface area contributed by atoms with Crippen molar-refractivity contribution < 1.29 is 14.3 Å². The zero-order chi connectivity index (χ0) is 15.2. The molecule has 0 aromatic heterocycles. The molecule has 1 aromatic carbocycles. The fourth-order valence-corrected chi connectivity index (χ4v) is 2.36. The first-order valence-electron chi connectivity index (χ1n) is 7.09. The third-order valence-electron chi connectivity index (χ3n) is 3.03. The third-order valence-corrected chi connectivity index (χ3v) is 3.53. The van der Waals surface area contributed by atoms with E-state index in [0.29, 0.717) is 25.3 Å². The van der Waals surface area contributed by atoms with Gasteiger partial charge in [0.05, 0.1) is 11.7 Å². The van der Waals surface area contributed by atoms with E-state index in [-0.39, 0.29) is 12.0 Å². The van der Waals surface area contributed by atoms with Crippen LogP contribution in [0.3, 0.4) is 0 Å². The van der Waals surface area contributed by atoms with E-state index in [1.807, 2.05) is 38.1 Å². The Hall–Kier alpha value is -1.33. The van der Waals surface area contributed by atoms with Crippen molar-refractivity contribution in [1.82, 2.24) is 5.32 Å². The van der Waals surface area contributed by atoms with Crippen LogP contribution >= 0.6 is 15.9 Å². The standard InChI is InChI=1S/C16H20BrNO3/c1-11(2)20-7-3-6-18-16(19)13-8-12-9-14(17)4-5-15(12)21-10-13/h4-5,8-9,11H,3,6-7,10H2,1-2H3,(H,18,19). The fourth-order valence-electron chi connectivity index (χ4n) is 1.99. The first-order chi connectivity index (χ1) is 10.1. The Bertz CT molecular complexity index is 540. The number of hydrogen-bond acceptors (Lipinski definition) is 3. The number of ether oxygens (including phenoxy) is 2. The molecule has 1 aromatic rings. The molecule has 0 bridgehead atoms. The summed E-state index contributed by atoms with van der Waals surface area (Å²) in [7, 11) is 0. The summed E-state index contributed by atoms with van der Waals surface area (Å²) in [5.41, 5.74) is 1.56. The molecule has 2 rings (SSSR count). The van der Waals surface area contributed by atoms with Crippen LogP contribution in [0, 0.1) is 0 Å². The molecule has 0 spiro atoms. The number of carbonyl (C=O) groups is 1. The van der Waals surface area contributed by atoms with Crippen molar-refractivity contribution in [3.05, 3.63) is 33.8 Å². The molecule has 5 heteroatoms. The first-order valence-corrected chi connectivity index (χ1v) is 7.88. The minimum Gasteiger partial charge on any atom is -0.488 e. The van der Waals surface area contributed by atoms with E-state index >= 15 is 0 Å². The molecule has 0 atom stereocenters. The quantitative estimate of drug-likeness (QED) is 0.799. The normalized spacial score (nSPS) is 13.4. The van der Waals surface area contributed by atoms with Crippen LogP contribution in [-0.2, 0) is 9.53 Å². The number of amides is 1. The summed E-state index contributed by atoms with van der Waals surface area (Å²) >= 11 is 3.42. The molecule has 1 heterocycles. The molecule has 21 heavy (non-hydrogen) atoms. The third kappa shape index (κ3) is 4.86. The van der Waals surface area contributed by atoms with Gasteiger partial charge in [-0.2, -0.15) is 0 Å². The summed E-state index contributed by atoms with van der Waals surface area (Å²) in [6, 6.07) is 5.76. The van der Waals surface area contributed by atoms with Gasteiger partial charge in [-0.25, -0.2) is 0 Å². The molecule has 0 radical (unpaired) electrons. The monoisotopic (exact) mass is 353 g/mol. The van der Waals surface area contributed by atoms with Gasteiger partial charge in [-0.3, -0.25) is 4.79 Å². The second-order valence-electron chi connectivity index (χ2n) is 5.17. The van der Waals surface area contributed by atoms with Crippen molar-refractivity contribution in [3.8, 4) is 5.75 Å². The van der Waals surface area contributed by atoms with Gasteiger partial charge in [-0.05, 0) is 44.5 Å². The second kappa shape index (κ2) is 7.61. The fraction of sp³-hybridized carbons (Fsp3) is 0.438. The van der Waals surface area contributed by atoms with E-state index in [1.54, 1.807) is 0 Å². The Labute approximate surface area is 133 Å². The molecule has 0 unspecified atom stereocenters. The Kier molecular flexibility index (Phi) is 5.82. The van der Waals surface area contributed by atoms with Gasteiger partial charge >= 0.3 is 0 Å². The van der Waals surface area contributed by atoms with Crippen LogP contribution in [0.2, 0.25) is 0 Å². The van der Waals surface area contributed by atoms with Crippen molar-refractivity contribution in [2.75, 3.05) is 19.8 Å². The largest absolute Gasteiger partial charge is 0.488 e. The van der Waals surface area contributed by atoms with Gasteiger partial charge in [0.25, 0.3) is 5.91 Å². The molecule has 1 aliphatic heterocycles. The van der Waals surface area contributed by atoms with Crippen molar-refractivity contribution in [2.24, 2.45) is 0 Å². The summed E-state index contributed by atoms with van der Waals surface area (Å²) in [4.78, 5) is 12.1. The molecule has 1 N–H and O–H groups in total. The molecule has 1 amide bonds. The second-order valence-corrected chi connectivity index (χ2v) is 6.09. The van der Waals surface area contributed by atoms with Gasteiger partial charge in [0, 0.05) is 23.2 Å². The highest BCUT2D eigenvalue weighted by molar-refractivity contribution is 9.10. The van der Waals surface area contributed by atoms with Crippen molar-refractivity contribution in [3.63, 3.8) is 0 Å². The number of benzene rings is 1. The number of halogens is 1. The molecule has 0 fully saturated rings. The van der Waals surface area contributed by atoms with E-state index < -0.39 is 0 Å². The maximum absolute atomic E-state index is 12.1. The average Bonchev–Trinajstić information content (AvgIpc) is 2.45. The number of hydrogen-bond donors (Lipinski definition) is 1. The Morgan fingerprint density at radius 2 is 2.29 bits per heavy atom. The van der Waals surface area contributed by atoms with Crippen LogP contribution in [0.25, 0.3) is 6.08 Å². The van der Waals surface area contributed by atoms with Gasteiger partial charge in [0.2, 0.25) is 0 Å². The van der Waals surface area contributed by atoms with E-state index in [2.05, 4.69) is 21.2 Å². The highest BCUT2D eigenvalue weighted by Gasteiger charge is 2.16. The summed E-state index contributed by atoms with van der Waals surface area (Å²) < 4.78 is 12.0. The molecule has 0 aliphatic carbocycles. The summed E-state index contributed by atoms with van der Waals surface area (Å²) in [5.74, 6) is 0.727. The smallest absolute Gasteiger partial charge is 0.250 e. The summed E-state index contributed by atoms with van der Waals surface area (Å²) in [5, 5.41) is 2.89. The van der Waals surface area contributed by atoms with Gasteiger partial charge in [0.15, 0.2) is 0 Å². The van der Waals surface area contributed by atoms with Crippen molar-refractivity contribution >= 4 is 27.9 Å². The predicted molar refractivity (Wildman–Crippen MR) is 86.3 cm³/mol. The van der Waals surface area contributed by atoms with Crippen LogP contribution in [0.1, 0.15) is 25.8 Å². The van der Waals surface area contributed by atoms with Gasteiger partial charge in [-0.15, -0.1) is 0 Å². The van der Waals surface area contributed by atoms with E-state index in [1.165, 1.54) is 0 Å². The van der Waals surface area contributed by atoms with E-state index in [4.69, 9.17) is 9.47 Å². The van der Waals surface area contributed by atoms with Gasteiger partial charge in [-0.1, -0.05) is 15.9 Å². The lowest BCUT2D eigenvalue weighted by atomic mass is 10.1. The number of rotatable bonds is 6. The van der Waals surface area contributed by atoms with Gasteiger partial charge < -0.3 is 14.8 Å².